The van der Waals surface area contributed by atoms with Crippen LogP contribution in [0.2, 0.25) is 0 Å². The summed E-state index contributed by atoms with van der Waals surface area (Å²) in [5, 5.41) is 19.3. The number of ether oxygens (including phenoxy) is 1. The maximum absolute atomic E-state index is 14.2. The van der Waals surface area contributed by atoms with E-state index in [9.17, 15) is 19.0 Å². The summed E-state index contributed by atoms with van der Waals surface area (Å²) in [4.78, 5) is 0. The molecular formula is C21H24F2O3. The number of aryl methyl sites for hydroxylation is 2. The maximum atomic E-state index is 14.2. The fourth-order valence-electron chi connectivity index (χ4n) is 3.43. The quantitative estimate of drug-likeness (QED) is 0.871. The molecule has 3 atom stereocenters. The molecule has 0 aromatic heterocycles. The van der Waals surface area contributed by atoms with E-state index in [0.717, 1.165) is 16.7 Å². The summed E-state index contributed by atoms with van der Waals surface area (Å²) in [7, 11) is 0. The third kappa shape index (κ3) is 3.95. The van der Waals surface area contributed by atoms with E-state index in [4.69, 9.17) is 4.74 Å². The van der Waals surface area contributed by atoms with Gasteiger partial charge in [-0.25, -0.2) is 8.78 Å². The van der Waals surface area contributed by atoms with Crippen molar-refractivity contribution in [2.24, 2.45) is 0 Å². The molecule has 0 unspecified atom stereocenters. The zero-order valence-corrected chi connectivity index (χ0v) is 15.0. The first-order valence-electron chi connectivity index (χ1n) is 8.86. The van der Waals surface area contributed by atoms with Crippen LogP contribution in [0, 0.1) is 25.5 Å². The van der Waals surface area contributed by atoms with Gasteiger partial charge >= 0.3 is 0 Å². The van der Waals surface area contributed by atoms with Crippen LogP contribution in [0.1, 0.15) is 46.8 Å². The molecule has 3 rings (SSSR count). The minimum atomic E-state index is -0.806. The lowest BCUT2D eigenvalue weighted by Gasteiger charge is -2.32. The molecule has 1 fully saturated rings. The maximum Gasteiger partial charge on any atom is 0.162 e. The Morgan fingerprint density at radius 1 is 1.00 bits per heavy atom. The minimum Gasteiger partial charge on any atom is -0.394 e. The number of hydrogen-bond acceptors (Lipinski definition) is 3. The Labute approximate surface area is 152 Å². The fourth-order valence-corrected chi connectivity index (χ4v) is 3.43. The van der Waals surface area contributed by atoms with E-state index in [0.29, 0.717) is 18.4 Å². The van der Waals surface area contributed by atoms with Gasteiger partial charge < -0.3 is 14.9 Å². The highest BCUT2D eigenvalue weighted by Crippen LogP contribution is 2.33. The fraction of sp³-hybridized carbons (Fsp3) is 0.429. The number of halogens is 2. The first kappa shape index (κ1) is 19.0. The van der Waals surface area contributed by atoms with E-state index in [2.05, 4.69) is 0 Å². The monoisotopic (exact) mass is 362 g/mol. The van der Waals surface area contributed by atoms with Crippen LogP contribution < -0.4 is 0 Å². The van der Waals surface area contributed by atoms with Gasteiger partial charge in [0.25, 0.3) is 0 Å². The van der Waals surface area contributed by atoms with Gasteiger partial charge in [-0.3, -0.25) is 0 Å². The van der Waals surface area contributed by atoms with Crippen LogP contribution in [0.15, 0.2) is 30.3 Å². The van der Waals surface area contributed by atoms with Crippen molar-refractivity contribution in [1.82, 2.24) is 0 Å². The number of hydrogen-bond donors (Lipinski definition) is 2. The SMILES string of the molecule is Cc1ccc([C@H]2C[C@@H](O)C[C@@H](CO)O2)cc1Cc1ccc(C)c(F)c1F. The lowest BCUT2D eigenvalue weighted by Crippen LogP contribution is -2.33. The number of benzene rings is 2. The molecule has 1 aliphatic rings. The Kier molecular flexibility index (Phi) is 5.70. The van der Waals surface area contributed by atoms with Gasteiger partial charge in [0.2, 0.25) is 0 Å². The molecule has 2 aromatic rings. The van der Waals surface area contributed by atoms with Gasteiger partial charge in [0.05, 0.1) is 24.9 Å². The topological polar surface area (TPSA) is 49.7 Å². The van der Waals surface area contributed by atoms with Crippen molar-refractivity contribution in [3.63, 3.8) is 0 Å². The first-order valence-corrected chi connectivity index (χ1v) is 8.86. The molecule has 5 heteroatoms. The summed E-state index contributed by atoms with van der Waals surface area (Å²) >= 11 is 0. The van der Waals surface area contributed by atoms with Gasteiger partial charge in [-0.2, -0.15) is 0 Å². The minimum absolute atomic E-state index is 0.139. The number of rotatable bonds is 4. The van der Waals surface area contributed by atoms with Gasteiger partial charge in [-0.15, -0.1) is 0 Å². The van der Waals surface area contributed by atoms with Gasteiger partial charge in [0, 0.05) is 19.3 Å². The molecule has 26 heavy (non-hydrogen) atoms. The molecule has 0 bridgehead atoms. The smallest absolute Gasteiger partial charge is 0.162 e. The van der Waals surface area contributed by atoms with Crippen molar-refractivity contribution >= 4 is 0 Å². The van der Waals surface area contributed by atoms with E-state index >= 15 is 0 Å². The molecule has 0 spiro atoms. The highest BCUT2D eigenvalue weighted by Gasteiger charge is 2.29. The van der Waals surface area contributed by atoms with Crippen molar-refractivity contribution < 1.29 is 23.7 Å². The van der Waals surface area contributed by atoms with E-state index in [1.165, 1.54) is 6.92 Å². The summed E-state index contributed by atoms with van der Waals surface area (Å²) in [6, 6.07) is 8.96. The van der Waals surface area contributed by atoms with Crippen molar-refractivity contribution in [2.75, 3.05) is 6.61 Å². The predicted molar refractivity (Wildman–Crippen MR) is 95.0 cm³/mol. The molecular weight excluding hydrogens is 338 g/mol. The molecule has 0 aliphatic carbocycles. The van der Waals surface area contributed by atoms with Crippen molar-refractivity contribution in [3.8, 4) is 0 Å². The molecule has 1 aliphatic heterocycles. The van der Waals surface area contributed by atoms with Gasteiger partial charge in [-0.1, -0.05) is 30.3 Å². The number of aliphatic hydroxyl groups excluding tert-OH is 2. The van der Waals surface area contributed by atoms with Crippen molar-refractivity contribution in [2.45, 2.75) is 51.4 Å². The molecule has 140 valence electrons. The molecule has 2 aromatic carbocycles. The van der Waals surface area contributed by atoms with Crippen LogP contribution in [0.25, 0.3) is 0 Å². The zero-order valence-electron chi connectivity index (χ0n) is 15.0. The van der Waals surface area contributed by atoms with Gasteiger partial charge in [0.15, 0.2) is 11.6 Å². The second kappa shape index (κ2) is 7.82. The second-order valence-electron chi connectivity index (χ2n) is 7.09. The lowest BCUT2D eigenvalue weighted by atomic mass is 9.92. The van der Waals surface area contributed by atoms with Gasteiger partial charge in [0.1, 0.15) is 0 Å². The van der Waals surface area contributed by atoms with Crippen LogP contribution in [0.3, 0.4) is 0 Å². The Hall–Kier alpha value is -1.82. The van der Waals surface area contributed by atoms with Crippen LogP contribution in [0.4, 0.5) is 8.78 Å². The Morgan fingerprint density at radius 3 is 2.46 bits per heavy atom. The zero-order chi connectivity index (χ0) is 18.8. The third-order valence-electron chi connectivity index (χ3n) is 5.06. The molecule has 0 amide bonds. The van der Waals surface area contributed by atoms with E-state index in [1.807, 2.05) is 25.1 Å². The van der Waals surface area contributed by atoms with E-state index in [1.54, 1.807) is 12.1 Å². The van der Waals surface area contributed by atoms with Crippen LogP contribution in [0.5, 0.6) is 0 Å². The Balaban J connectivity index is 1.88. The van der Waals surface area contributed by atoms with Crippen molar-refractivity contribution in [1.29, 1.82) is 0 Å². The average Bonchev–Trinajstić information content (AvgIpc) is 2.63. The van der Waals surface area contributed by atoms with E-state index in [-0.39, 0.29) is 24.7 Å². The molecule has 2 N–H and O–H groups in total. The van der Waals surface area contributed by atoms with Crippen LogP contribution >= 0.6 is 0 Å². The van der Waals surface area contributed by atoms with Crippen LogP contribution in [-0.2, 0) is 11.2 Å². The molecule has 0 radical (unpaired) electrons. The third-order valence-corrected chi connectivity index (χ3v) is 5.06. The second-order valence-corrected chi connectivity index (χ2v) is 7.09. The summed E-state index contributed by atoms with van der Waals surface area (Å²) in [5.41, 5.74) is 3.33. The summed E-state index contributed by atoms with van der Waals surface area (Å²) in [6.45, 7) is 3.33. The predicted octanol–water partition coefficient (Wildman–Crippen LogP) is 3.75. The standard InChI is InChI=1S/C21H24F2O3/c1-12-3-5-14(19-10-17(25)9-18(11-24)26-19)7-16(12)8-15-6-4-13(2)20(22)21(15)23/h3-7,17-19,24-25H,8-11H2,1-2H3/t17-,18-,19+/m0/s1. The van der Waals surface area contributed by atoms with Gasteiger partial charge in [-0.05, 0) is 41.7 Å². The highest BCUT2D eigenvalue weighted by atomic mass is 19.2. The molecule has 1 heterocycles. The average molecular weight is 362 g/mol. The Bertz CT molecular complexity index is 791. The molecule has 3 nitrogen and oxygen atoms in total. The molecule has 1 saturated heterocycles. The first-order chi connectivity index (χ1) is 12.4. The summed E-state index contributed by atoms with van der Waals surface area (Å²) in [5.74, 6) is -1.61. The van der Waals surface area contributed by atoms with Crippen molar-refractivity contribution in [3.05, 3.63) is 69.8 Å². The highest BCUT2D eigenvalue weighted by molar-refractivity contribution is 5.38. The van der Waals surface area contributed by atoms with E-state index < -0.39 is 23.8 Å². The largest absolute Gasteiger partial charge is 0.394 e. The lowest BCUT2D eigenvalue weighted by molar-refractivity contribution is -0.113. The van der Waals surface area contributed by atoms with Crippen LogP contribution in [-0.4, -0.2) is 29.0 Å². The molecule has 0 saturated carbocycles. The Morgan fingerprint density at radius 2 is 1.73 bits per heavy atom. The number of aliphatic hydroxyl groups is 2. The summed E-state index contributed by atoms with van der Waals surface area (Å²) in [6.07, 6.45) is -0.0978. The summed E-state index contributed by atoms with van der Waals surface area (Å²) < 4.78 is 33.9. The normalized spacial score (nSPS) is 23.2.